The highest BCUT2D eigenvalue weighted by Gasteiger charge is 2.32. The number of carbonyl (C=O) groups is 2. The summed E-state index contributed by atoms with van der Waals surface area (Å²) in [5.41, 5.74) is 2.18. The molecule has 1 amide bonds. The molecule has 0 saturated carbocycles. The van der Waals surface area contributed by atoms with E-state index in [0.717, 1.165) is 24.0 Å². The third-order valence-corrected chi connectivity index (χ3v) is 3.24. The first-order valence-electron chi connectivity index (χ1n) is 6.85. The number of methoxy groups -OCH3 is 1. The molecular formula is C16H25NO3. The maximum absolute atomic E-state index is 11.6. The Bertz CT molecular complexity index is 390. The number of hydrogen-bond donors (Lipinski definition) is 1. The Balaban J connectivity index is 0.00000172. The number of nitrogens with one attached hydrogen (secondary N) is 1. The second kappa shape index (κ2) is 9.13. The lowest BCUT2D eigenvalue weighted by atomic mass is 9.92. The van der Waals surface area contributed by atoms with Crippen molar-refractivity contribution in [3.63, 3.8) is 0 Å². The van der Waals surface area contributed by atoms with Crippen LogP contribution in [-0.4, -0.2) is 25.0 Å². The molecule has 0 spiro atoms. The van der Waals surface area contributed by atoms with E-state index in [1.54, 1.807) is 12.2 Å². The third kappa shape index (κ3) is 4.68. The molecule has 0 heterocycles. The Kier molecular flexibility index (Phi) is 8.29. The van der Waals surface area contributed by atoms with Gasteiger partial charge in [0.1, 0.15) is 0 Å². The van der Waals surface area contributed by atoms with Crippen molar-refractivity contribution in [1.82, 2.24) is 5.32 Å². The summed E-state index contributed by atoms with van der Waals surface area (Å²) in [7, 11) is 1.28. The minimum atomic E-state index is -0.581. The van der Waals surface area contributed by atoms with Gasteiger partial charge in [-0.05, 0) is 36.8 Å². The molecule has 0 fully saturated rings. The summed E-state index contributed by atoms with van der Waals surface area (Å²) in [5.74, 6) is -0.0262. The van der Waals surface area contributed by atoms with Gasteiger partial charge in [-0.25, -0.2) is 4.79 Å². The van der Waals surface area contributed by atoms with Crippen LogP contribution in [0.1, 0.15) is 33.6 Å². The van der Waals surface area contributed by atoms with Crippen LogP contribution >= 0.6 is 0 Å². The molecule has 1 aliphatic carbocycles. The molecule has 0 bridgehead atoms. The minimum absolute atomic E-state index is 0.0441. The van der Waals surface area contributed by atoms with Gasteiger partial charge in [-0.15, -0.1) is 0 Å². The summed E-state index contributed by atoms with van der Waals surface area (Å²) in [6.07, 6.45) is 4.43. The van der Waals surface area contributed by atoms with Crippen LogP contribution in [-0.2, 0) is 9.53 Å². The fourth-order valence-electron chi connectivity index (χ4n) is 2.30. The molecule has 1 unspecified atom stereocenters. The molecule has 4 nitrogen and oxygen atoms in total. The van der Waals surface area contributed by atoms with Gasteiger partial charge in [-0.1, -0.05) is 39.2 Å². The molecule has 1 N–H and O–H groups in total. The standard InChI is InChI=1S/C14H19NO3.C2H6/c1-5-10-7-12(8-11(10)6-2)13(9(3)16)15-14(17)18-4;1-2/h5-6,12-13H,1-2,7-8H2,3-4H3,(H,15,17);1-2H3. The lowest BCUT2D eigenvalue weighted by Gasteiger charge is -2.21. The Hall–Kier alpha value is -1.84. The van der Waals surface area contributed by atoms with Crippen LogP contribution < -0.4 is 5.32 Å². The van der Waals surface area contributed by atoms with Crippen molar-refractivity contribution < 1.29 is 14.3 Å². The summed E-state index contributed by atoms with van der Waals surface area (Å²) in [6.45, 7) is 13.0. The summed E-state index contributed by atoms with van der Waals surface area (Å²) in [6, 6.07) is -0.523. The quantitative estimate of drug-likeness (QED) is 0.839. The molecule has 0 aliphatic heterocycles. The molecule has 1 aliphatic rings. The van der Waals surface area contributed by atoms with E-state index in [1.165, 1.54) is 14.0 Å². The van der Waals surface area contributed by atoms with Crippen molar-refractivity contribution >= 4 is 11.9 Å². The van der Waals surface area contributed by atoms with Gasteiger partial charge < -0.3 is 10.1 Å². The van der Waals surface area contributed by atoms with E-state index >= 15 is 0 Å². The number of ketones is 1. The molecule has 0 radical (unpaired) electrons. The number of Topliss-reactive ketones (excluding diaryl/α,β-unsaturated/α-hetero) is 1. The first-order valence-corrected chi connectivity index (χ1v) is 6.85. The fraction of sp³-hybridized carbons (Fsp3) is 0.500. The highest BCUT2D eigenvalue weighted by Crippen LogP contribution is 2.35. The molecule has 4 heteroatoms. The number of carbonyl (C=O) groups excluding carboxylic acids is 2. The number of alkyl carbamates (subject to hydrolysis) is 1. The Morgan fingerprint density at radius 3 is 2.00 bits per heavy atom. The maximum Gasteiger partial charge on any atom is 0.407 e. The van der Waals surface area contributed by atoms with E-state index in [4.69, 9.17) is 0 Å². The van der Waals surface area contributed by atoms with Crippen molar-refractivity contribution in [2.45, 2.75) is 39.7 Å². The average molecular weight is 279 g/mol. The fourth-order valence-corrected chi connectivity index (χ4v) is 2.30. The predicted octanol–water partition coefficient (Wildman–Crippen LogP) is 3.40. The Labute approximate surface area is 121 Å². The van der Waals surface area contributed by atoms with E-state index in [0.29, 0.717) is 0 Å². The smallest absolute Gasteiger partial charge is 0.407 e. The van der Waals surface area contributed by atoms with Gasteiger partial charge in [0.2, 0.25) is 0 Å². The van der Waals surface area contributed by atoms with Gasteiger partial charge in [0, 0.05) is 0 Å². The summed E-state index contributed by atoms with van der Waals surface area (Å²) < 4.78 is 4.54. The summed E-state index contributed by atoms with van der Waals surface area (Å²) in [4.78, 5) is 22.9. The first-order chi connectivity index (χ1) is 9.53. The van der Waals surface area contributed by atoms with Crippen molar-refractivity contribution in [3.8, 4) is 0 Å². The number of hydrogen-bond acceptors (Lipinski definition) is 3. The second-order valence-corrected chi connectivity index (χ2v) is 4.35. The van der Waals surface area contributed by atoms with Crippen LogP contribution in [0, 0.1) is 5.92 Å². The molecule has 0 aromatic carbocycles. The highest BCUT2D eigenvalue weighted by atomic mass is 16.5. The SMILES string of the molecule is C=CC1=C(C=C)CC(C(NC(=O)OC)C(C)=O)C1.CC. The van der Waals surface area contributed by atoms with Gasteiger partial charge in [0.25, 0.3) is 0 Å². The maximum atomic E-state index is 11.6. The number of ether oxygens (including phenoxy) is 1. The van der Waals surface area contributed by atoms with Crippen molar-refractivity contribution in [1.29, 1.82) is 0 Å². The third-order valence-electron chi connectivity index (χ3n) is 3.24. The summed E-state index contributed by atoms with van der Waals surface area (Å²) in [5, 5.41) is 2.59. The molecule has 0 saturated heterocycles. The Morgan fingerprint density at radius 2 is 1.70 bits per heavy atom. The van der Waals surface area contributed by atoms with Gasteiger partial charge in [-0.2, -0.15) is 0 Å². The minimum Gasteiger partial charge on any atom is -0.453 e. The predicted molar refractivity (Wildman–Crippen MR) is 81.5 cm³/mol. The van der Waals surface area contributed by atoms with Gasteiger partial charge in [0.15, 0.2) is 5.78 Å². The zero-order chi connectivity index (χ0) is 15.7. The van der Waals surface area contributed by atoms with E-state index in [9.17, 15) is 9.59 Å². The first kappa shape index (κ1) is 18.2. The molecule has 0 aromatic rings. The zero-order valence-electron chi connectivity index (χ0n) is 12.9. The zero-order valence-corrected chi connectivity index (χ0v) is 12.9. The van der Waals surface area contributed by atoms with Gasteiger partial charge >= 0.3 is 6.09 Å². The normalized spacial score (nSPS) is 15.8. The van der Waals surface area contributed by atoms with E-state index in [2.05, 4.69) is 23.2 Å². The topological polar surface area (TPSA) is 55.4 Å². The molecular weight excluding hydrogens is 254 g/mol. The van der Waals surface area contributed by atoms with Gasteiger partial charge in [0.05, 0.1) is 13.2 Å². The number of allylic oxidation sites excluding steroid dienone is 4. The second-order valence-electron chi connectivity index (χ2n) is 4.35. The van der Waals surface area contributed by atoms with Crippen molar-refractivity contribution in [2.24, 2.45) is 5.92 Å². The average Bonchev–Trinajstić information content (AvgIpc) is 2.89. The van der Waals surface area contributed by atoms with E-state index in [-0.39, 0.29) is 11.7 Å². The number of rotatable bonds is 5. The van der Waals surface area contributed by atoms with Gasteiger partial charge in [-0.3, -0.25) is 4.79 Å². The van der Waals surface area contributed by atoms with E-state index in [1.807, 2.05) is 13.8 Å². The monoisotopic (exact) mass is 279 g/mol. The van der Waals surface area contributed by atoms with Crippen LogP contribution in [0.25, 0.3) is 0 Å². The largest absolute Gasteiger partial charge is 0.453 e. The number of amides is 1. The molecule has 112 valence electrons. The molecule has 20 heavy (non-hydrogen) atoms. The lowest BCUT2D eigenvalue weighted by molar-refractivity contribution is -0.120. The molecule has 0 aromatic heterocycles. The highest BCUT2D eigenvalue weighted by molar-refractivity contribution is 5.85. The van der Waals surface area contributed by atoms with Crippen LogP contribution in [0.15, 0.2) is 36.5 Å². The van der Waals surface area contributed by atoms with Crippen molar-refractivity contribution in [3.05, 3.63) is 36.5 Å². The lowest BCUT2D eigenvalue weighted by Crippen LogP contribution is -2.44. The summed E-state index contributed by atoms with van der Waals surface area (Å²) >= 11 is 0. The van der Waals surface area contributed by atoms with E-state index < -0.39 is 12.1 Å². The molecule has 1 atom stereocenters. The van der Waals surface area contributed by atoms with Crippen LogP contribution in [0.4, 0.5) is 4.79 Å². The Morgan fingerprint density at radius 1 is 1.25 bits per heavy atom. The van der Waals surface area contributed by atoms with Crippen LogP contribution in [0.5, 0.6) is 0 Å². The molecule has 1 rings (SSSR count). The van der Waals surface area contributed by atoms with Crippen LogP contribution in [0.3, 0.4) is 0 Å². The van der Waals surface area contributed by atoms with Crippen molar-refractivity contribution in [2.75, 3.05) is 7.11 Å². The van der Waals surface area contributed by atoms with Crippen LogP contribution in [0.2, 0.25) is 0 Å².